The van der Waals surface area contributed by atoms with E-state index in [2.05, 4.69) is 18.8 Å². The van der Waals surface area contributed by atoms with Crippen LogP contribution in [0.5, 0.6) is 0 Å². The smallest absolute Gasteiger partial charge is 0.180 e. The molecule has 0 bridgehead atoms. The summed E-state index contributed by atoms with van der Waals surface area (Å²) >= 11 is 1.67. The zero-order chi connectivity index (χ0) is 8.72. The summed E-state index contributed by atoms with van der Waals surface area (Å²) in [7, 11) is 0. The van der Waals surface area contributed by atoms with E-state index in [1.165, 1.54) is 17.0 Å². The number of rotatable bonds is 0. The molecule has 0 radical (unpaired) electrons. The van der Waals surface area contributed by atoms with Gasteiger partial charge in [0.1, 0.15) is 0 Å². The van der Waals surface area contributed by atoms with Gasteiger partial charge in [0.2, 0.25) is 0 Å². The van der Waals surface area contributed by atoms with Crippen LogP contribution in [0.3, 0.4) is 0 Å². The molecule has 1 aromatic heterocycles. The lowest BCUT2D eigenvalue weighted by atomic mass is 9.86. The summed E-state index contributed by atoms with van der Waals surface area (Å²) in [5.74, 6) is 1.44. The Bertz CT molecular complexity index is 293. The zero-order valence-electron chi connectivity index (χ0n) is 7.50. The van der Waals surface area contributed by atoms with Crippen molar-refractivity contribution in [2.45, 2.75) is 32.6 Å². The Kier molecular flexibility index (Phi) is 1.83. The largest absolute Gasteiger partial charge is 0.375 e. The Morgan fingerprint density at radius 1 is 1.50 bits per heavy atom. The molecule has 0 aromatic carbocycles. The molecule has 1 heterocycles. The molecule has 0 fully saturated rings. The van der Waals surface area contributed by atoms with Crippen molar-refractivity contribution in [3.05, 3.63) is 10.6 Å². The van der Waals surface area contributed by atoms with E-state index in [9.17, 15) is 0 Å². The molecule has 0 spiro atoms. The van der Waals surface area contributed by atoms with Crippen molar-refractivity contribution < 1.29 is 0 Å². The summed E-state index contributed by atoms with van der Waals surface area (Å²) < 4.78 is 0. The standard InChI is InChI=1S/C9H14N2S/c1-5-3-6(2)8-7(4-5)11-9(10)12-8/h5-6H,3-4H2,1-2H3,(H2,10,11). The second kappa shape index (κ2) is 2.73. The Hall–Kier alpha value is -0.570. The molecule has 1 aliphatic rings. The number of anilines is 1. The highest BCUT2D eigenvalue weighted by Gasteiger charge is 2.24. The first-order chi connectivity index (χ1) is 5.66. The third-order valence-corrected chi connectivity index (χ3v) is 3.65. The molecule has 1 aliphatic carbocycles. The zero-order valence-corrected chi connectivity index (χ0v) is 8.32. The number of fused-ring (bicyclic) bond motifs is 1. The molecule has 2 rings (SSSR count). The predicted molar refractivity (Wildman–Crippen MR) is 52.4 cm³/mol. The first-order valence-corrected chi connectivity index (χ1v) is 5.23. The minimum Gasteiger partial charge on any atom is -0.375 e. The van der Waals surface area contributed by atoms with Crippen LogP contribution in [0.15, 0.2) is 0 Å². The van der Waals surface area contributed by atoms with Gasteiger partial charge in [-0.05, 0) is 24.7 Å². The molecule has 2 atom stereocenters. The molecule has 0 saturated carbocycles. The maximum atomic E-state index is 5.67. The number of hydrogen-bond donors (Lipinski definition) is 1. The summed E-state index contributed by atoms with van der Waals surface area (Å²) in [6, 6.07) is 0. The fourth-order valence-electron chi connectivity index (χ4n) is 2.04. The van der Waals surface area contributed by atoms with E-state index >= 15 is 0 Å². The second-order valence-corrected chi connectivity index (χ2v) is 4.87. The summed E-state index contributed by atoms with van der Waals surface area (Å²) in [6.45, 7) is 4.56. The van der Waals surface area contributed by atoms with Crippen molar-refractivity contribution in [2.75, 3.05) is 5.73 Å². The molecule has 2 nitrogen and oxygen atoms in total. The molecular weight excluding hydrogens is 168 g/mol. The number of hydrogen-bond acceptors (Lipinski definition) is 3. The molecule has 2 N–H and O–H groups in total. The number of nitrogens with zero attached hydrogens (tertiary/aromatic N) is 1. The number of aromatic nitrogens is 1. The number of nitrogen functional groups attached to an aromatic ring is 1. The van der Waals surface area contributed by atoms with Gasteiger partial charge in [-0.3, -0.25) is 0 Å². The topological polar surface area (TPSA) is 38.9 Å². The van der Waals surface area contributed by atoms with Gasteiger partial charge in [-0.2, -0.15) is 0 Å². The van der Waals surface area contributed by atoms with Crippen LogP contribution in [0.1, 0.15) is 36.8 Å². The van der Waals surface area contributed by atoms with Gasteiger partial charge in [-0.25, -0.2) is 4.98 Å². The molecule has 3 heteroatoms. The van der Waals surface area contributed by atoms with Crippen LogP contribution in [0.4, 0.5) is 5.13 Å². The maximum Gasteiger partial charge on any atom is 0.180 e. The van der Waals surface area contributed by atoms with Gasteiger partial charge in [-0.1, -0.05) is 13.8 Å². The first kappa shape index (κ1) is 8.05. The summed E-state index contributed by atoms with van der Waals surface area (Å²) in [6.07, 6.45) is 2.40. The van der Waals surface area contributed by atoms with Crippen LogP contribution >= 0.6 is 11.3 Å². The normalized spacial score (nSPS) is 28.5. The van der Waals surface area contributed by atoms with E-state index in [1.54, 1.807) is 11.3 Å². The Morgan fingerprint density at radius 2 is 2.25 bits per heavy atom. The van der Waals surface area contributed by atoms with Crippen LogP contribution in [-0.4, -0.2) is 4.98 Å². The van der Waals surface area contributed by atoms with Crippen LogP contribution in [0.25, 0.3) is 0 Å². The lowest BCUT2D eigenvalue weighted by Gasteiger charge is -2.22. The molecule has 0 aliphatic heterocycles. The SMILES string of the molecule is CC1Cc2nc(N)sc2C(C)C1. The quantitative estimate of drug-likeness (QED) is 0.669. The molecular formula is C9H14N2S. The summed E-state index contributed by atoms with van der Waals surface area (Å²) in [4.78, 5) is 5.77. The van der Waals surface area contributed by atoms with Crippen LogP contribution in [0, 0.1) is 5.92 Å². The van der Waals surface area contributed by atoms with E-state index in [0.29, 0.717) is 5.92 Å². The van der Waals surface area contributed by atoms with Crippen LogP contribution in [0.2, 0.25) is 0 Å². The highest BCUT2D eigenvalue weighted by Crippen LogP contribution is 2.38. The molecule has 0 saturated heterocycles. The highest BCUT2D eigenvalue weighted by atomic mass is 32.1. The van der Waals surface area contributed by atoms with Crippen molar-refractivity contribution >= 4 is 16.5 Å². The van der Waals surface area contributed by atoms with Crippen molar-refractivity contribution in [2.24, 2.45) is 5.92 Å². The van der Waals surface area contributed by atoms with Gasteiger partial charge in [0.25, 0.3) is 0 Å². The molecule has 66 valence electrons. The number of thiazole rings is 1. The Balaban J connectivity index is 2.40. The van der Waals surface area contributed by atoms with Crippen molar-refractivity contribution in [3.8, 4) is 0 Å². The van der Waals surface area contributed by atoms with Gasteiger partial charge in [0.15, 0.2) is 5.13 Å². The van der Waals surface area contributed by atoms with E-state index in [4.69, 9.17) is 5.73 Å². The van der Waals surface area contributed by atoms with E-state index in [1.807, 2.05) is 0 Å². The summed E-state index contributed by atoms with van der Waals surface area (Å²) in [5.41, 5.74) is 6.93. The lowest BCUT2D eigenvalue weighted by Crippen LogP contribution is -2.12. The third-order valence-electron chi connectivity index (χ3n) is 2.49. The van der Waals surface area contributed by atoms with Crippen molar-refractivity contribution in [3.63, 3.8) is 0 Å². The minimum absolute atomic E-state index is 0.665. The Labute approximate surface area is 76.8 Å². The fourth-order valence-corrected chi connectivity index (χ4v) is 2.96. The van der Waals surface area contributed by atoms with Gasteiger partial charge < -0.3 is 5.73 Å². The van der Waals surface area contributed by atoms with Gasteiger partial charge in [0.05, 0.1) is 5.69 Å². The van der Waals surface area contributed by atoms with Crippen LogP contribution < -0.4 is 5.73 Å². The van der Waals surface area contributed by atoms with Gasteiger partial charge in [0, 0.05) is 4.88 Å². The molecule has 1 aromatic rings. The minimum atomic E-state index is 0.665. The average molecular weight is 182 g/mol. The molecule has 12 heavy (non-hydrogen) atoms. The molecule has 2 unspecified atom stereocenters. The number of nitrogens with two attached hydrogens (primary N) is 1. The van der Waals surface area contributed by atoms with E-state index in [0.717, 1.165) is 17.5 Å². The average Bonchev–Trinajstić information content (AvgIpc) is 2.29. The molecule has 0 amide bonds. The lowest BCUT2D eigenvalue weighted by molar-refractivity contribution is 0.450. The van der Waals surface area contributed by atoms with E-state index in [-0.39, 0.29) is 0 Å². The van der Waals surface area contributed by atoms with E-state index < -0.39 is 0 Å². The Morgan fingerprint density at radius 3 is 3.00 bits per heavy atom. The maximum absolute atomic E-state index is 5.67. The van der Waals surface area contributed by atoms with Gasteiger partial charge >= 0.3 is 0 Å². The highest BCUT2D eigenvalue weighted by molar-refractivity contribution is 7.15. The monoisotopic (exact) mass is 182 g/mol. The van der Waals surface area contributed by atoms with Gasteiger partial charge in [-0.15, -0.1) is 11.3 Å². The fraction of sp³-hybridized carbons (Fsp3) is 0.667. The third kappa shape index (κ3) is 1.22. The predicted octanol–water partition coefficient (Wildman–Crippen LogP) is 2.41. The van der Waals surface area contributed by atoms with Crippen LogP contribution in [-0.2, 0) is 6.42 Å². The van der Waals surface area contributed by atoms with Crippen molar-refractivity contribution in [1.29, 1.82) is 0 Å². The van der Waals surface area contributed by atoms with Crippen molar-refractivity contribution in [1.82, 2.24) is 4.98 Å². The second-order valence-electron chi connectivity index (χ2n) is 3.81. The summed E-state index contributed by atoms with van der Waals surface area (Å²) in [5, 5.41) is 0.737. The first-order valence-electron chi connectivity index (χ1n) is 4.42.